The SMILES string of the molecule is O=C(c1ccccc1)N1C[C@@H]2CC[C@H](C1)N(C(=O)CCc1ccccc1)C2. The van der Waals surface area contributed by atoms with E-state index in [0.717, 1.165) is 37.9 Å². The molecule has 2 amide bonds. The van der Waals surface area contributed by atoms with Gasteiger partial charge in [0.25, 0.3) is 5.91 Å². The molecule has 3 heterocycles. The fourth-order valence-corrected chi connectivity index (χ4v) is 4.36. The topological polar surface area (TPSA) is 40.6 Å². The van der Waals surface area contributed by atoms with Crippen LogP contribution in [0.25, 0.3) is 0 Å². The average molecular weight is 362 g/mol. The monoisotopic (exact) mass is 362 g/mol. The maximum absolute atomic E-state index is 12.9. The molecule has 0 aliphatic carbocycles. The number of amides is 2. The van der Waals surface area contributed by atoms with E-state index in [1.165, 1.54) is 5.56 Å². The van der Waals surface area contributed by atoms with Crippen molar-refractivity contribution in [1.82, 2.24) is 9.80 Å². The van der Waals surface area contributed by atoms with Crippen molar-refractivity contribution >= 4 is 11.8 Å². The van der Waals surface area contributed by atoms with Crippen molar-refractivity contribution in [2.24, 2.45) is 5.92 Å². The highest BCUT2D eigenvalue weighted by Crippen LogP contribution is 2.29. The molecule has 0 aromatic heterocycles. The van der Waals surface area contributed by atoms with E-state index >= 15 is 0 Å². The Labute approximate surface area is 160 Å². The zero-order chi connectivity index (χ0) is 18.6. The molecule has 3 fully saturated rings. The number of fused-ring (bicyclic) bond motifs is 4. The zero-order valence-electron chi connectivity index (χ0n) is 15.6. The van der Waals surface area contributed by atoms with Crippen LogP contribution in [0.4, 0.5) is 0 Å². The van der Waals surface area contributed by atoms with E-state index < -0.39 is 0 Å². The van der Waals surface area contributed by atoms with Crippen LogP contribution < -0.4 is 0 Å². The molecule has 0 N–H and O–H groups in total. The van der Waals surface area contributed by atoms with Crippen LogP contribution in [0, 0.1) is 5.92 Å². The largest absolute Gasteiger partial charge is 0.338 e. The standard InChI is InChI=1S/C23H26N2O2/c26-22(14-12-18-7-3-1-4-8-18)25-16-19-11-13-21(25)17-24(15-19)23(27)20-9-5-2-6-10-20/h1-10,19,21H,11-17H2/t19-,21+/m0/s1. The Morgan fingerprint density at radius 2 is 1.56 bits per heavy atom. The lowest BCUT2D eigenvalue weighted by atomic mass is 9.94. The van der Waals surface area contributed by atoms with Crippen LogP contribution in [0.15, 0.2) is 60.7 Å². The van der Waals surface area contributed by atoms with E-state index in [1.54, 1.807) is 0 Å². The number of nitrogens with zero attached hydrogens (tertiary/aromatic N) is 2. The van der Waals surface area contributed by atoms with Crippen molar-refractivity contribution in [2.45, 2.75) is 31.7 Å². The third-order valence-corrected chi connectivity index (χ3v) is 5.81. The highest BCUT2D eigenvalue weighted by Gasteiger charge is 2.38. The van der Waals surface area contributed by atoms with Gasteiger partial charge in [-0.2, -0.15) is 0 Å². The molecule has 0 saturated carbocycles. The van der Waals surface area contributed by atoms with E-state index in [-0.39, 0.29) is 17.9 Å². The van der Waals surface area contributed by atoms with Crippen LogP contribution in [0.2, 0.25) is 0 Å². The molecule has 0 radical (unpaired) electrons. The highest BCUT2D eigenvalue weighted by molar-refractivity contribution is 5.94. The van der Waals surface area contributed by atoms with Crippen molar-refractivity contribution in [2.75, 3.05) is 19.6 Å². The molecular formula is C23H26N2O2. The molecule has 0 spiro atoms. The Morgan fingerprint density at radius 1 is 0.852 bits per heavy atom. The summed E-state index contributed by atoms with van der Waals surface area (Å²) >= 11 is 0. The number of hydrogen-bond acceptors (Lipinski definition) is 2. The number of hydrogen-bond donors (Lipinski definition) is 0. The van der Waals surface area contributed by atoms with Gasteiger partial charge < -0.3 is 9.80 Å². The molecule has 3 aliphatic heterocycles. The Morgan fingerprint density at radius 3 is 2.30 bits per heavy atom. The number of aryl methyl sites for hydroxylation is 1. The Bertz CT molecular complexity index is 791. The van der Waals surface area contributed by atoms with Crippen molar-refractivity contribution in [3.63, 3.8) is 0 Å². The van der Waals surface area contributed by atoms with Crippen LogP contribution in [0.3, 0.4) is 0 Å². The van der Waals surface area contributed by atoms with Crippen molar-refractivity contribution in [3.8, 4) is 0 Å². The van der Waals surface area contributed by atoms with Gasteiger partial charge in [0.1, 0.15) is 0 Å². The van der Waals surface area contributed by atoms with Gasteiger partial charge in [0.05, 0.1) is 0 Å². The smallest absolute Gasteiger partial charge is 0.253 e. The van der Waals surface area contributed by atoms with Crippen molar-refractivity contribution < 1.29 is 9.59 Å². The van der Waals surface area contributed by atoms with Gasteiger partial charge in [-0.25, -0.2) is 0 Å². The number of carbonyl (C=O) groups is 2. The average Bonchev–Trinajstić information content (AvgIpc) is 3.05. The fourth-order valence-electron chi connectivity index (χ4n) is 4.36. The number of piperidine rings is 1. The molecule has 2 aromatic carbocycles. The van der Waals surface area contributed by atoms with Gasteiger partial charge in [0.15, 0.2) is 0 Å². The maximum Gasteiger partial charge on any atom is 0.253 e. The molecule has 2 aromatic rings. The van der Waals surface area contributed by atoms with Gasteiger partial charge in [-0.1, -0.05) is 48.5 Å². The summed E-state index contributed by atoms with van der Waals surface area (Å²) in [5.74, 6) is 0.700. The number of rotatable bonds is 4. The summed E-state index contributed by atoms with van der Waals surface area (Å²) in [4.78, 5) is 29.8. The van der Waals surface area contributed by atoms with Crippen molar-refractivity contribution in [1.29, 1.82) is 0 Å². The third-order valence-electron chi connectivity index (χ3n) is 5.81. The normalized spacial score (nSPS) is 21.8. The van der Waals surface area contributed by atoms with E-state index in [9.17, 15) is 9.59 Å². The molecule has 4 heteroatoms. The Kier molecular flexibility index (Phi) is 5.23. The summed E-state index contributed by atoms with van der Waals surface area (Å²) in [6.45, 7) is 2.20. The summed E-state index contributed by atoms with van der Waals surface area (Å²) in [6, 6.07) is 19.8. The fraction of sp³-hybridized carbons (Fsp3) is 0.391. The predicted molar refractivity (Wildman–Crippen MR) is 105 cm³/mol. The van der Waals surface area contributed by atoms with Crippen LogP contribution in [-0.2, 0) is 11.2 Å². The number of carbonyl (C=O) groups excluding carboxylic acids is 2. The Balaban J connectivity index is 1.42. The summed E-state index contributed by atoms with van der Waals surface area (Å²) in [5.41, 5.74) is 1.94. The van der Waals surface area contributed by atoms with Gasteiger partial charge in [-0.15, -0.1) is 0 Å². The first kappa shape index (κ1) is 17.8. The second-order valence-electron chi connectivity index (χ2n) is 7.71. The molecule has 2 atom stereocenters. The zero-order valence-corrected chi connectivity index (χ0v) is 15.6. The van der Waals surface area contributed by atoms with Crippen LogP contribution >= 0.6 is 0 Å². The van der Waals surface area contributed by atoms with Gasteiger partial charge >= 0.3 is 0 Å². The maximum atomic E-state index is 12.9. The molecule has 3 aliphatic rings. The summed E-state index contributed by atoms with van der Waals surface area (Å²) in [6.07, 6.45) is 3.42. The lowest BCUT2D eigenvalue weighted by Crippen LogP contribution is -2.47. The molecule has 0 unspecified atom stereocenters. The minimum atomic E-state index is 0.0890. The molecule has 3 saturated heterocycles. The van der Waals surface area contributed by atoms with Gasteiger partial charge in [-0.05, 0) is 42.9 Å². The first-order valence-electron chi connectivity index (χ1n) is 9.88. The second-order valence-corrected chi connectivity index (χ2v) is 7.71. The van der Waals surface area contributed by atoms with Crippen LogP contribution in [-0.4, -0.2) is 47.3 Å². The number of benzene rings is 2. The second kappa shape index (κ2) is 7.95. The summed E-state index contributed by atoms with van der Waals surface area (Å²) in [5, 5.41) is 0. The lowest BCUT2D eigenvalue weighted by molar-refractivity contribution is -0.135. The molecule has 5 rings (SSSR count). The first-order valence-corrected chi connectivity index (χ1v) is 9.88. The van der Waals surface area contributed by atoms with Crippen LogP contribution in [0.1, 0.15) is 35.2 Å². The molecule has 4 nitrogen and oxygen atoms in total. The highest BCUT2D eigenvalue weighted by atomic mass is 16.2. The quantitative estimate of drug-likeness (QED) is 0.837. The Hall–Kier alpha value is -2.62. The van der Waals surface area contributed by atoms with Gasteiger partial charge in [0, 0.05) is 37.7 Å². The van der Waals surface area contributed by atoms with Crippen molar-refractivity contribution in [3.05, 3.63) is 71.8 Å². The third kappa shape index (κ3) is 4.05. The van der Waals surface area contributed by atoms with E-state index in [2.05, 4.69) is 17.0 Å². The minimum absolute atomic E-state index is 0.0890. The van der Waals surface area contributed by atoms with E-state index in [0.29, 0.717) is 18.9 Å². The summed E-state index contributed by atoms with van der Waals surface area (Å²) < 4.78 is 0. The van der Waals surface area contributed by atoms with E-state index in [4.69, 9.17) is 0 Å². The lowest BCUT2D eigenvalue weighted by Gasteiger charge is -2.36. The predicted octanol–water partition coefficient (Wildman–Crippen LogP) is 3.38. The minimum Gasteiger partial charge on any atom is -0.338 e. The van der Waals surface area contributed by atoms with Gasteiger partial charge in [0.2, 0.25) is 5.91 Å². The van der Waals surface area contributed by atoms with Crippen LogP contribution in [0.5, 0.6) is 0 Å². The molecule has 27 heavy (non-hydrogen) atoms. The molecule has 2 bridgehead atoms. The van der Waals surface area contributed by atoms with E-state index in [1.807, 2.05) is 53.4 Å². The molecular weight excluding hydrogens is 336 g/mol. The van der Waals surface area contributed by atoms with Gasteiger partial charge in [-0.3, -0.25) is 9.59 Å². The summed E-state index contributed by atoms with van der Waals surface area (Å²) in [7, 11) is 0. The first-order chi connectivity index (χ1) is 13.2. The molecule has 140 valence electrons.